The van der Waals surface area contributed by atoms with Crippen LogP contribution in [0, 0.1) is 10.8 Å². The number of carbonyl (C=O) groups is 1. The van der Waals surface area contributed by atoms with Gasteiger partial charge in [0.1, 0.15) is 5.60 Å². The summed E-state index contributed by atoms with van der Waals surface area (Å²) in [7, 11) is 0. The van der Waals surface area contributed by atoms with E-state index in [0.29, 0.717) is 29.6 Å². The van der Waals surface area contributed by atoms with Crippen LogP contribution in [0.4, 0.5) is 4.79 Å². The number of hydrogen-bond acceptors (Lipinski definition) is 5. The lowest BCUT2D eigenvalue weighted by Crippen LogP contribution is -2.57. The highest BCUT2D eigenvalue weighted by atomic mass is 35.5. The molecule has 6 nitrogen and oxygen atoms in total. The van der Waals surface area contributed by atoms with Crippen molar-refractivity contribution in [3.8, 4) is 0 Å². The molecule has 2 heterocycles. The van der Waals surface area contributed by atoms with E-state index in [9.17, 15) is 15.0 Å². The van der Waals surface area contributed by atoms with Gasteiger partial charge in [-0.1, -0.05) is 75.2 Å². The molecule has 0 spiro atoms. The lowest BCUT2D eigenvalue weighted by molar-refractivity contribution is -0.123. The van der Waals surface area contributed by atoms with Gasteiger partial charge in [0, 0.05) is 40.5 Å². The lowest BCUT2D eigenvalue weighted by atomic mass is 9.66. The summed E-state index contributed by atoms with van der Waals surface area (Å²) in [6.45, 7) is 16.2. The van der Waals surface area contributed by atoms with Crippen molar-refractivity contribution in [2.45, 2.75) is 78.1 Å². The van der Waals surface area contributed by atoms with Crippen molar-refractivity contribution >= 4 is 29.3 Å². The molecule has 8 heteroatoms. The number of aliphatic hydroxyl groups is 2. The zero-order chi connectivity index (χ0) is 29.3. The fourth-order valence-corrected chi connectivity index (χ4v) is 5.73. The van der Waals surface area contributed by atoms with E-state index in [1.807, 2.05) is 71.0 Å². The highest BCUT2D eigenvalue weighted by Gasteiger charge is 2.50. The van der Waals surface area contributed by atoms with Gasteiger partial charge < -0.3 is 25.2 Å². The minimum atomic E-state index is -1.00. The summed E-state index contributed by atoms with van der Waals surface area (Å²) in [5.41, 5.74) is -1.17. The Kier molecular flexibility index (Phi) is 9.41. The van der Waals surface area contributed by atoms with Crippen LogP contribution < -0.4 is 5.32 Å². The Balaban J connectivity index is 0.000000230. The molecule has 216 valence electrons. The second-order valence-electron chi connectivity index (χ2n) is 13.1. The average molecular weight is 580 g/mol. The molecule has 39 heavy (non-hydrogen) atoms. The van der Waals surface area contributed by atoms with Gasteiger partial charge in [0.05, 0.1) is 11.2 Å². The van der Waals surface area contributed by atoms with E-state index < -0.39 is 22.2 Å². The number of rotatable bonds is 2. The van der Waals surface area contributed by atoms with E-state index in [0.717, 1.165) is 30.6 Å². The van der Waals surface area contributed by atoms with Gasteiger partial charge in [-0.25, -0.2) is 4.79 Å². The highest BCUT2D eigenvalue weighted by Crippen LogP contribution is 2.46. The van der Waals surface area contributed by atoms with E-state index in [2.05, 4.69) is 19.2 Å². The molecule has 2 unspecified atom stereocenters. The number of piperidine rings is 2. The third-order valence-electron chi connectivity index (χ3n) is 8.09. The lowest BCUT2D eigenvalue weighted by Gasteiger charge is -2.50. The van der Waals surface area contributed by atoms with Gasteiger partial charge in [0.2, 0.25) is 0 Å². The van der Waals surface area contributed by atoms with Gasteiger partial charge in [-0.05, 0) is 75.5 Å². The Labute approximate surface area is 243 Å². The average Bonchev–Trinajstić information content (AvgIpc) is 2.83. The second kappa shape index (κ2) is 11.6. The van der Waals surface area contributed by atoms with Gasteiger partial charge in [-0.15, -0.1) is 0 Å². The second-order valence-corrected chi connectivity index (χ2v) is 14.0. The number of carbonyl (C=O) groups excluding carboxylic acids is 1. The summed E-state index contributed by atoms with van der Waals surface area (Å²) in [5.74, 6) is 0. The summed E-state index contributed by atoms with van der Waals surface area (Å²) in [5, 5.41) is 26.8. The zero-order valence-electron chi connectivity index (χ0n) is 24.3. The smallest absolute Gasteiger partial charge is 0.410 e. The summed E-state index contributed by atoms with van der Waals surface area (Å²) in [4.78, 5) is 14.0. The van der Waals surface area contributed by atoms with Crippen molar-refractivity contribution in [1.29, 1.82) is 0 Å². The van der Waals surface area contributed by atoms with Crippen LogP contribution in [0.1, 0.15) is 72.4 Å². The van der Waals surface area contributed by atoms with Crippen molar-refractivity contribution in [2.24, 2.45) is 10.8 Å². The molecule has 2 saturated heterocycles. The predicted molar refractivity (Wildman–Crippen MR) is 158 cm³/mol. The molecule has 2 atom stereocenters. The van der Waals surface area contributed by atoms with Crippen LogP contribution in [0.25, 0.3) is 0 Å². The Morgan fingerprint density at radius 2 is 1.31 bits per heavy atom. The van der Waals surface area contributed by atoms with Crippen LogP contribution in [0.15, 0.2) is 48.5 Å². The van der Waals surface area contributed by atoms with Crippen LogP contribution in [-0.2, 0) is 15.9 Å². The SMILES string of the molecule is CC(C)(C)OC(=O)N1CCC(O)(c2ccc(Cl)cc2)C(C)(C)C1.CC1(C)CNCCC1(O)c1ccc(Cl)cc1. The first-order valence-corrected chi connectivity index (χ1v) is 14.3. The molecule has 1 amide bonds. The third-order valence-corrected chi connectivity index (χ3v) is 8.60. The Morgan fingerprint density at radius 1 is 0.846 bits per heavy atom. The minimum Gasteiger partial charge on any atom is -0.444 e. The maximum absolute atomic E-state index is 12.3. The largest absolute Gasteiger partial charge is 0.444 e. The van der Waals surface area contributed by atoms with E-state index in [-0.39, 0.29) is 11.5 Å². The standard InChI is InChI=1S/C18H26ClNO3.C13H18ClNO/c1-16(2,3)23-15(21)20-11-10-18(22,17(4,5)12-20)13-6-8-14(19)9-7-13;1-12(2)9-15-8-7-13(12,16)10-3-5-11(14)6-4-10/h6-9,22H,10-12H2,1-5H3;3-6,15-16H,7-9H2,1-2H3. The predicted octanol–water partition coefficient (Wildman–Crippen LogP) is 6.74. The van der Waals surface area contributed by atoms with Crippen molar-refractivity contribution < 1.29 is 19.7 Å². The molecular weight excluding hydrogens is 535 g/mol. The normalized spacial score (nSPS) is 26.3. The molecule has 0 saturated carbocycles. The molecule has 2 aromatic rings. The van der Waals surface area contributed by atoms with E-state index in [4.69, 9.17) is 27.9 Å². The Bertz CT molecular complexity index is 1130. The van der Waals surface area contributed by atoms with Crippen LogP contribution in [-0.4, -0.2) is 53.0 Å². The number of hydrogen-bond donors (Lipinski definition) is 3. The molecule has 2 fully saturated rings. The zero-order valence-corrected chi connectivity index (χ0v) is 25.8. The number of nitrogens with zero attached hydrogens (tertiary/aromatic N) is 1. The first-order chi connectivity index (χ1) is 17.9. The first-order valence-electron chi connectivity index (χ1n) is 13.6. The summed E-state index contributed by atoms with van der Waals surface area (Å²) >= 11 is 11.8. The number of ether oxygens (including phenoxy) is 1. The van der Waals surface area contributed by atoms with Crippen LogP contribution in [0.2, 0.25) is 10.0 Å². The topological polar surface area (TPSA) is 82.0 Å². The Hall–Kier alpha value is -1.83. The highest BCUT2D eigenvalue weighted by molar-refractivity contribution is 6.30. The van der Waals surface area contributed by atoms with Gasteiger partial charge in [0.15, 0.2) is 0 Å². The molecule has 0 bridgehead atoms. The molecule has 0 aromatic heterocycles. The maximum Gasteiger partial charge on any atom is 0.410 e. The van der Waals surface area contributed by atoms with Crippen LogP contribution in [0.5, 0.6) is 0 Å². The van der Waals surface area contributed by atoms with Gasteiger partial charge in [-0.2, -0.15) is 0 Å². The quantitative estimate of drug-likeness (QED) is 0.367. The molecule has 2 aliphatic heterocycles. The van der Waals surface area contributed by atoms with Crippen molar-refractivity contribution in [2.75, 3.05) is 26.2 Å². The van der Waals surface area contributed by atoms with Crippen molar-refractivity contribution in [3.63, 3.8) is 0 Å². The van der Waals surface area contributed by atoms with Crippen LogP contribution >= 0.6 is 23.2 Å². The van der Waals surface area contributed by atoms with Crippen molar-refractivity contribution in [1.82, 2.24) is 10.2 Å². The van der Waals surface area contributed by atoms with E-state index in [1.165, 1.54) is 0 Å². The van der Waals surface area contributed by atoms with E-state index >= 15 is 0 Å². The number of benzene rings is 2. The molecule has 0 aliphatic carbocycles. The number of nitrogens with one attached hydrogen (secondary N) is 1. The monoisotopic (exact) mass is 578 g/mol. The molecule has 3 N–H and O–H groups in total. The van der Waals surface area contributed by atoms with Gasteiger partial charge in [0.25, 0.3) is 0 Å². The fourth-order valence-electron chi connectivity index (χ4n) is 5.48. The molecule has 2 aliphatic rings. The number of amides is 1. The molecule has 2 aromatic carbocycles. The fraction of sp³-hybridized carbons (Fsp3) is 0.581. The molecular formula is C31H44Cl2N2O4. The van der Waals surface area contributed by atoms with Gasteiger partial charge >= 0.3 is 6.09 Å². The summed E-state index contributed by atoms with van der Waals surface area (Å²) in [6, 6.07) is 14.8. The van der Waals surface area contributed by atoms with Crippen LogP contribution in [0.3, 0.4) is 0 Å². The number of likely N-dealkylation sites (tertiary alicyclic amines) is 1. The first kappa shape index (κ1) is 31.7. The third kappa shape index (κ3) is 7.09. The Morgan fingerprint density at radius 3 is 1.72 bits per heavy atom. The summed E-state index contributed by atoms with van der Waals surface area (Å²) in [6.07, 6.45) is 0.867. The summed E-state index contributed by atoms with van der Waals surface area (Å²) < 4.78 is 5.45. The maximum atomic E-state index is 12.3. The molecule has 0 radical (unpaired) electrons. The number of halogens is 2. The molecule has 4 rings (SSSR count). The van der Waals surface area contributed by atoms with Gasteiger partial charge in [-0.3, -0.25) is 0 Å². The van der Waals surface area contributed by atoms with Crippen molar-refractivity contribution in [3.05, 3.63) is 69.7 Å². The van der Waals surface area contributed by atoms with E-state index in [1.54, 1.807) is 17.0 Å². The minimum absolute atomic E-state index is 0.168.